The van der Waals surface area contributed by atoms with Crippen LogP contribution in [0.25, 0.3) is 0 Å². The Kier molecular flexibility index (Phi) is 9.36. The van der Waals surface area contributed by atoms with Crippen molar-refractivity contribution >= 4 is 0 Å². The Morgan fingerprint density at radius 1 is 1.37 bits per heavy atom. The van der Waals surface area contributed by atoms with Gasteiger partial charge in [-0.2, -0.15) is 0 Å². The average Bonchev–Trinajstić information content (AvgIpc) is 2.91. The summed E-state index contributed by atoms with van der Waals surface area (Å²) in [6.45, 7) is 3.02. The number of furan rings is 1. The highest BCUT2D eigenvalue weighted by atomic mass is 16.5. The molecule has 1 aromatic heterocycles. The Labute approximate surface area is 114 Å². The van der Waals surface area contributed by atoms with Crippen LogP contribution < -0.4 is 5.32 Å². The minimum Gasteiger partial charge on any atom is -0.467 e. The number of hydrogen-bond donors (Lipinski definition) is 2. The molecule has 0 aromatic carbocycles. The summed E-state index contributed by atoms with van der Waals surface area (Å²) < 4.78 is 15.5. The zero-order valence-electron chi connectivity index (χ0n) is 11.6. The fourth-order valence-electron chi connectivity index (χ4n) is 1.69. The van der Waals surface area contributed by atoms with Gasteiger partial charge in [0.05, 0.1) is 19.0 Å². The van der Waals surface area contributed by atoms with Gasteiger partial charge in [-0.1, -0.05) is 0 Å². The zero-order valence-corrected chi connectivity index (χ0v) is 11.6. The third-order valence-electron chi connectivity index (χ3n) is 2.72. The van der Waals surface area contributed by atoms with Crippen LogP contribution in [-0.2, 0) is 16.1 Å². The molecule has 1 aromatic rings. The van der Waals surface area contributed by atoms with E-state index in [0.29, 0.717) is 19.8 Å². The molecule has 5 heteroatoms. The quantitative estimate of drug-likeness (QED) is 0.565. The van der Waals surface area contributed by atoms with Gasteiger partial charge in [0.15, 0.2) is 0 Å². The van der Waals surface area contributed by atoms with Crippen LogP contribution >= 0.6 is 0 Å². The van der Waals surface area contributed by atoms with Crippen molar-refractivity contribution < 1.29 is 19.0 Å². The maximum absolute atomic E-state index is 9.68. The lowest BCUT2D eigenvalue weighted by Crippen LogP contribution is -2.31. The molecule has 0 aliphatic rings. The predicted molar refractivity (Wildman–Crippen MR) is 73.0 cm³/mol. The van der Waals surface area contributed by atoms with Gasteiger partial charge in [-0.3, -0.25) is 0 Å². The average molecular weight is 271 g/mol. The van der Waals surface area contributed by atoms with Gasteiger partial charge < -0.3 is 24.3 Å². The third-order valence-corrected chi connectivity index (χ3v) is 2.72. The van der Waals surface area contributed by atoms with Gasteiger partial charge in [0.2, 0.25) is 0 Å². The van der Waals surface area contributed by atoms with Crippen molar-refractivity contribution in [2.45, 2.75) is 32.0 Å². The van der Waals surface area contributed by atoms with Crippen molar-refractivity contribution in [2.75, 3.05) is 33.4 Å². The number of aliphatic hydroxyl groups is 1. The van der Waals surface area contributed by atoms with Gasteiger partial charge >= 0.3 is 0 Å². The van der Waals surface area contributed by atoms with E-state index in [9.17, 15) is 5.11 Å². The molecule has 5 nitrogen and oxygen atoms in total. The molecule has 1 heterocycles. The summed E-state index contributed by atoms with van der Waals surface area (Å²) in [5.41, 5.74) is 0. The van der Waals surface area contributed by atoms with E-state index in [2.05, 4.69) is 5.32 Å². The van der Waals surface area contributed by atoms with Crippen LogP contribution in [0.3, 0.4) is 0 Å². The number of unbranched alkanes of at least 4 members (excludes halogenated alkanes) is 2. The standard InChI is InChI=1S/C14H25NO4/c1-17-8-4-2-3-7-15-10-13(16)11-18-12-14-6-5-9-19-14/h5-6,9,13,15-16H,2-4,7-8,10-12H2,1H3. The van der Waals surface area contributed by atoms with Crippen LogP contribution in [0, 0.1) is 0 Å². The maximum atomic E-state index is 9.68. The summed E-state index contributed by atoms with van der Waals surface area (Å²) in [4.78, 5) is 0. The van der Waals surface area contributed by atoms with Crippen molar-refractivity contribution in [3.05, 3.63) is 24.2 Å². The molecule has 0 saturated heterocycles. The molecule has 19 heavy (non-hydrogen) atoms. The lowest BCUT2D eigenvalue weighted by Gasteiger charge is -2.11. The Hall–Kier alpha value is -0.880. The van der Waals surface area contributed by atoms with Crippen molar-refractivity contribution in [3.63, 3.8) is 0 Å². The Morgan fingerprint density at radius 3 is 3.00 bits per heavy atom. The maximum Gasteiger partial charge on any atom is 0.129 e. The SMILES string of the molecule is COCCCCCNCC(O)COCc1ccco1. The molecule has 0 amide bonds. The van der Waals surface area contributed by atoms with Gasteiger partial charge in [0.1, 0.15) is 12.4 Å². The second-order valence-corrected chi connectivity index (χ2v) is 4.51. The molecule has 0 saturated carbocycles. The molecule has 0 radical (unpaired) electrons. The largest absolute Gasteiger partial charge is 0.467 e. The molecule has 0 aliphatic carbocycles. The minimum atomic E-state index is -0.478. The first kappa shape index (κ1) is 16.2. The van der Waals surface area contributed by atoms with Crippen LogP contribution in [0.15, 0.2) is 22.8 Å². The van der Waals surface area contributed by atoms with E-state index in [-0.39, 0.29) is 0 Å². The van der Waals surface area contributed by atoms with Crippen LogP contribution in [-0.4, -0.2) is 44.6 Å². The molecule has 1 atom stereocenters. The fraction of sp³-hybridized carbons (Fsp3) is 0.714. The number of ether oxygens (including phenoxy) is 2. The number of aliphatic hydroxyl groups excluding tert-OH is 1. The fourth-order valence-corrected chi connectivity index (χ4v) is 1.69. The highest BCUT2D eigenvalue weighted by Crippen LogP contribution is 2.02. The molecular formula is C14H25NO4. The second kappa shape index (κ2) is 11.0. The van der Waals surface area contributed by atoms with E-state index in [1.54, 1.807) is 13.4 Å². The molecule has 0 bridgehead atoms. The van der Waals surface area contributed by atoms with E-state index in [0.717, 1.165) is 38.2 Å². The first-order valence-electron chi connectivity index (χ1n) is 6.80. The van der Waals surface area contributed by atoms with Gasteiger partial charge in [0.25, 0.3) is 0 Å². The van der Waals surface area contributed by atoms with E-state index in [1.807, 2.05) is 12.1 Å². The number of hydrogen-bond acceptors (Lipinski definition) is 5. The van der Waals surface area contributed by atoms with Crippen molar-refractivity contribution in [3.8, 4) is 0 Å². The Morgan fingerprint density at radius 2 is 2.26 bits per heavy atom. The molecule has 1 rings (SSSR count). The molecule has 110 valence electrons. The summed E-state index contributed by atoms with van der Waals surface area (Å²) in [6.07, 6.45) is 4.47. The topological polar surface area (TPSA) is 63.9 Å². The molecule has 0 fully saturated rings. The second-order valence-electron chi connectivity index (χ2n) is 4.51. The van der Waals surface area contributed by atoms with Crippen LogP contribution in [0.2, 0.25) is 0 Å². The number of nitrogens with one attached hydrogen (secondary N) is 1. The van der Waals surface area contributed by atoms with Crippen LogP contribution in [0.1, 0.15) is 25.0 Å². The lowest BCUT2D eigenvalue weighted by atomic mass is 10.2. The molecule has 2 N–H and O–H groups in total. The Balaban J connectivity index is 1.86. The first-order valence-corrected chi connectivity index (χ1v) is 6.80. The minimum absolute atomic E-state index is 0.317. The van der Waals surface area contributed by atoms with E-state index >= 15 is 0 Å². The summed E-state index contributed by atoms with van der Waals surface area (Å²) in [5, 5.41) is 12.9. The zero-order chi connectivity index (χ0) is 13.8. The monoisotopic (exact) mass is 271 g/mol. The molecular weight excluding hydrogens is 246 g/mol. The molecule has 0 aliphatic heterocycles. The first-order chi connectivity index (χ1) is 9.33. The number of rotatable bonds is 12. The van der Waals surface area contributed by atoms with Crippen molar-refractivity contribution in [1.29, 1.82) is 0 Å². The molecule has 1 unspecified atom stereocenters. The van der Waals surface area contributed by atoms with Crippen molar-refractivity contribution in [1.82, 2.24) is 5.32 Å². The van der Waals surface area contributed by atoms with Crippen LogP contribution in [0.4, 0.5) is 0 Å². The van der Waals surface area contributed by atoms with Crippen molar-refractivity contribution in [2.24, 2.45) is 0 Å². The highest BCUT2D eigenvalue weighted by molar-refractivity contribution is 4.96. The molecule has 0 spiro atoms. The third kappa shape index (κ3) is 8.77. The smallest absolute Gasteiger partial charge is 0.129 e. The van der Waals surface area contributed by atoms with E-state index in [1.165, 1.54) is 0 Å². The summed E-state index contributed by atoms with van der Waals surface area (Å²) in [6, 6.07) is 3.67. The van der Waals surface area contributed by atoms with Crippen LogP contribution in [0.5, 0.6) is 0 Å². The summed E-state index contributed by atoms with van der Waals surface area (Å²) in [7, 11) is 1.72. The van der Waals surface area contributed by atoms with Gasteiger partial charge in [-0.25, -0.2) is 0 Å². The van der Waals surface area contributed by atoms with Gasteiger partial charge in [0, 0.05) is 20.3 Å². The van der Waals surface area contributed by atoms with Gasteiger partial charge in [-0.15, -0.1) is 0 Å². The summed E-state index contributed by atoms with van der Waals surface area (Å²) >= 11 is 0. The number of methoxy groups -OCH3 is 1. The lowest BCUT2D eigenvalue weighted by molar-refractivity contribution is 0.0227. The normalized spacial score (nSPS) is 12.7. The van der Waals surface area contributed by atoms with E-state index in [4.69, 9.17) is 13.9 Å². The Bertz CT molecular complexity index is 290. The van der Waals surface area contributed by atoms with E-state index < -0.39 is 6.10 Å². The predicted octanol–water partition coefficient (Wildman–Crippen LogP) is 1.56. The highest BCUT2D eigenvalue weighted by Gasteiger charge is 2.04. The van der Waals surface area contributed by atoms with Gasteiger partial charge in [-0.05, 0) is 37.9 Å². The summed E-state index contributed by atoms with van der Waals surface area (Å²) in [5.74, 6) is 0.776.